The van der Waals surface area contributed by atoms with E-state index >= 15 is 0 Å². The third kappa shape index (κ3) is 3.96. The van der Waals surface area contributed by atoms with Crippen LogP contribution in [-0.2, 0) is 6.54 Å². The summed E-state index contributed by atoms with van der Waals surface area (Å²) < 4.78 is 1.11. The maximum atomic E-state index is 13.8. The van der Waals surface area contributed by atoms with Gasteiger partial charge in [-0.15, -0.1) is 11.3 Å². The first-order valence-electron chi connectivity index (χ1n) is 11.2. The first kappa shape index (κ1) is 20.9. The number of rotatable bonds is 5. The highest BCUT2D eigenvalue weighted by Gasteiger charge is 2.22. The summed E-state index contributed by atoms with van der Waals surface area (Å²) in [4.78, 5) is 17.3. The molecule has 3 nitrogen and oxygen atoms in total. The Morgan fingerprint density at radius 1 is 0.969 bits per heavy atom. The fraction of sp³-hybridized carbons (Fsp3) is 0.250. The minimum absolute atomic E-state index is 0.0546. The molecule has 0 unspecified atom stereocenters. The molecule has 3 aromatic carbocycles. The molecule has 0 radical (unpaired) electrons. The van der Waals surface area contributed by atoms with Crippen LogP contribution < -0.4 is 0 Å². The minimum atomic E-state index is 0.0546. The molecular formula is C28H27NO2S. The predicted octanol–water partition coefficient (Wildman–Crippen LogP) is 6.72. The molecule has 1 aliphatic rings. The van der Waals surface area contributed by atoms with Crippen molar-refractivity contribution in [3.8, 4) is 16.2 Å². The fourth-order valence-electron chi connectivity index (χ4n) is 4.59. The molecule has 0 bridgehead atoms. The summed E-state index contributed by atoms with van der Waals surface area (Å²) in [5, 5.41) is 10.7. The molecule has 32 heavy (non-hydrogen) atoms. The lowest BCUT2D eigenvalue weighted by atomic mass is 9.95. The van der Waals surface area contributed by atoms with E-state index in [1.165, 1.54) is 29.5 Å². The van der Waals surface area contributed by atoms with Gasteiger partial charge in [-0.05, 0) is 98.4 Å². The van der Waals surface area contributed by atoms with Crippen LogP contribution in [-0.4, -0.2) is 28.9 Å². The van der Waals surface area contributed by atoms with Crippen LogP contribution in [0.1, 0.15) is 45.5 Å². The van der Waals surface area contributed by atoms with Gasteiger partial charge in [0.15, 0.2) is 5.78 Å². The Morgan fingerprint density at radius 2 is 1.72 bits per heavy atom. The van der Waals surface area contributed by atoms with Crippen LogP contribution in [0.3, 0.4) is 0 Å². The first-order chi connectivity index (χ1) is 15.5. The summed E-state index contributed by atoms with van der Waals surface area (Å²) in [5.41, 5.74) is 6.08. The second-order valence-electron chi connectivity index (χ2n) is 8.81. The highest BCUT2D eigenvalue weighted by Crippen LogP contribution is 2.40. The normalized spacial score (nSPS) is 14.3. The highest BCUT2D eigenvalue weighted by atomic mass is 32.1. The lowest BCUT2D eigenvalue weighted by molar-refractivity contribution is 0.104. The quantitative estimate of drug-likeness (QED) is 0.350. The van der Waals surface area contributed by atoms with E-state index in [1.807, 2.05) is 24.3 Å². The number of ketones is 1. The number of carbonyl (C=O) groups is 1. The molecule has 0 amide bonds. The van der Waals surface area contributed by atoms with E-state index in [9.17, 15) is 9.90 Å². The van der Waals surface area contributed by atoms with Crippen molar-refractivity contribution in [1.82, 2.24) is 4.90 Å². The molecule has 1 fully saturated rings. The van der Waals surface area contributed by atoms with Gasteiger partial charge in [0.2, 0.25) is 0 Å². The van der Waals surface area contributed by atoms with E-state index in [2.05, 4.69) is 43.0 Å². The number of aromatic hydroxyl groups is 1. The second-order valence-corrected chi connectivity index (χ2v) is 9.86. The van der Waals surface area contributed by atoms with Crippen molar-refractivity contribution in [2.24, 2.45) is 0 Å². The number of likely N-dealkylation sites (tertiary alicyclic amines) is 1. The molecule has 162 valence electrons. The Balaban J connectivity index is 1.57. The Hall–Kier alpha value is -2.95. The van der Waals surface area contributed by atoms with E-state index in [1.54, 1.807) is 23.5 Å². The first-order valence-corrected chi connectivity index (χ1v) is 12.0. The number of fused-ring (bicyclic) bond motifs is 1. The molecular weight excluding hydrogens is 414 g/mol. The van der Waals surface area contributed by atoms with Crippen LogP contribution in [0.25, 0.3) is 20.5 Å². The van der Waals surface area contributed by atoms with Crippen LogP contribution in [0.15, 0.2) is 60.7 Å². The van der Waals surface area contributed by atoms with Crippen molar-refractivity contribution in [2.45, 2.75) is 33.2 Å². The van der Waals surface area contributed by atoms with Gasteiger partial charge in [0.05, 0.1) is 0 Å². The zero-order valence-electron chi connectivity index (χ0n) is 18.5. The van der Waals surface area contributed by atoms with Crippen LogP contribution >= 0.6 is 11.3 Å². The van der Waals surface area contributed by atoms with Crippen molar-refractivity contribution in [2.75, 3.05) is 13.1 Å². The van der Waals surface area contributed by atoms with Gasteiger partial charge >= 0.3 is 0 Å². The standard InChI is InChI=1S/C28H27NO2S/c1-18-5-12-24-25(15-18)32-28(20-8-10-23(30)11-9-20)26(24)27(31)21-6-7-22(19(2)16-21)17-29-13-3-4-14-29/h5-12,15-16,30H,3-4,13-14,17H2,1-2H3. The molecule has 1 N–H and O–H groups in total. The summed E-state index contributed by atoms with van der Waals surface area (Å²) in [6, 6.07) is 19.6. The summed E-state index contributed by atoms with van der Waals surface area (Å²) in [5.74, 6) is 0.279. The smallest absolute Gasteiger partial charge is 0.195 e. The predicted molar refractivity (Wildman–Crippen MR) is 133 cm³/mol. The van der Waals surface area contributed by atoms with Gasteiger partial charge in [-0.2, -0.15) is 0 Å². The number of aryl methyl sites for hydroxylation is 2. The molecule has 0 aliphatic carbocycles. The molecule has 4 aromatic rings. The second kappa shape index (κ2) is 8.53. The maximum absolute atomic E-state index is 13.8. The van der Waals surface area contributed by atoms with Gasteiger partial charge in [0.1, 0.15) is 5.75 Å². The summed E-state index contributed by atoms with van der Waals surface area (Å²) in [6.07, 6.45) is 2.56. The molecule has 0 spiro atoms. The topological polar surface area (TPSA) is 40.5 Å². The Morgan fingerprint density at radius 3 is 2.44 bits per heavy atom. The van der Waals surface area contributed by atoms with Crippen molar-refractivity contribution in [3.05, 3.63) is 88.5 Å². The SMILES string of the molecule is Cc1ccc2c(C(=O)c3ccc(CN4CCCC4)c(C)c3)c(-c3ccc(O)cc3)sc2c1. The van der Waals surface area contributed by atoms with E-state index in [0.29, 0.717) is 0 Å². The minimum Gasteiger partial charge on any atom is -0.508 e. The number of hydrogen-bond acceptors (Lipinski definition) is 4. The number of hydrogen-bond donors (Lipinski definition) is 1. The molecule has 1 aromatic heterocycles. The Kier molecular flexibility index (Phi) is 5.58. The largest absolute Gasteiger partial charge is 0.508 e. The molecule has 1 aliphatic heterocycles. The van der Waals surface area contributed by atoms with Crippen LogP contribution in [0.5, 0.6) is 5.75 Å². The maximum Gasteiger partial charge on any atom is 0.195 e. The zero-order valence-corrected chi connectivity index (χ0v) is 19.3. The van der Waals surface area contributed by atoms with Gasteiger partial charge < -0.3 is 5.11 Å². The zero-order chi connectivity index (χ0) is 22.2. The van der Waals surface area contributed by atoms with Crippen molar-refractivity contribution in [1.29, 1.82) is 0 Å². The van der Waals surface area contributed by atoms with Crippen molar-refractivity contribution >= 4 is 27.2 Å². The third-order valence-electron chi connectivity index (χ3n) is 6.40. The van der Waals surface area contributed by atoms with Gasteiger partial charge in [-0.25, -0.2) is 0 Å². The molecule has 5 rings (SSSR count). The third-order valence-corrected chi connectivity index (χ3v) is 7.60. The summed E-state index contributed by atoms with van der Waals surface area (Å²) in [6.45, 7) is 7.47. The van der Waals surface area contributed by atoms with Gasteiger partial charge in [0.25, 0.3) is 0 Å². The van der Waals surface area contributed by atoms with Gasteiger partial charge in [-0.1, -0.05) is 24.3 Å². The molecule has 1 saturated heterocycles. The average molecular weight is 442 g/mol. The van der Waals surface area contributed by atoms with Gasteiger partial charge in [-0.3, -0.25) is 9.69 Å². The van der Waals surface area contributed by atoms with Gasteiger partial charge in [0, 0.05) is 32.6 Å². The van der Waals surface area contributed by atoms with Crippen LogP contribution in [0.2, 0.25) is 0 Å². The number of thiophene rings is 1. The molecule has 4 heteroatoms. The lowest BCUT2D eigenvalue weighted by Crippen LogP contribution is -2.19. The van der Waals surface area contributed by atoms with Crippen molar-refractivity contribution < 1.29 is 9.90 Å². The monoisotopic (exact) mass is 441 g/mol. The van der Waals surface area contributed by atoms with Crippen LogP contribution in [0, 0.1) is 13.8 Å². The van der Waals surface area contributed by atoms with Crippen molar-refractivity contribution in [3.63, 3.8) is 0 Å². The van der Waals surface area contributed by atoms with Crippen LogP contribution in [0.4, 0.5) is 0 Å². The summed E-state index contributed by atoms with van der Waals surface area (Å²) in [7, 11) is 0. The van der Waals surface area contributed by atoms with E-state index in [-0.39, 0.29) is 11.5 Å². The Bertz CT molecular complexity index is 1300. The average Bonchev–Trinajstić information content (AvgIpc) is 3.42. The fourth-order valence-corrected chi connectivity index (χ4v) is 5.89. The number of phenols is 1. The van der Waals surface area contributed by atoms with E-state index in [0.717, 1.165) is 51.3 Å². The molecule has 2 heterocycles. The van der Waals surface area contributed by atoms with E-state index in [4.69, 9.17) is 0 Å². The number of benzene rings is 3. The molecule has 0 saturated carbocycles. The highest BCUT2D eigenvalue weighted by molar-refractivity contribution is 7.22. The number of carbonyl (C=O) groups excluding carboxylic acids is 1. The number of nitrogens with zero attached hydrogens (tertiary/aromatic N) is 1. The molecule has 0 atom stereocenters. The number of phenolic OH excluding ortho intramolecular Hbond substituents is 1. The van der Waals surface area contributed by atoms with E-state index < -0.39 is 0 Å². The summed E-state index contributed by atoms with van der Waals surface area (Å²) >= 11 is 1.64. The Labute approximate surface area is 192 Å². The lowest BCUT2D eigenvalue weighted by Gasteiger charge is -2.17.